The SMILES string of the molecule is C#C.C#C.CO/N=C1/C(=C/c2ccc(-n3cnc(C)c3)c(OC)c2)OCCN1C.Fc1ccccc1. The number of oxime groups is 1. The number of amidine groups is 1. The zero-order valence-corrected chi connectivity index (χ0v) is 21.0. The standard InChI is InChI=1S/C18H22N4O3.C6H5F.2C2H2/c1-13-11-22(12-19-13)15-6-5-14(9-16(15)23-3)10-17-18(20-24-4)21(2)7-8-25-17;7-6-4-2-1-3-5-6;2*1-2/h5-6,9-12H,7-8H2,1-4H3;1-5H;2*1-2H/b17-10-,20-18-;;;. The second-order valence-corrected chi connectivity index (χ2v) is 7.03. The minimum absolute atomic E-state index is 0.178. The van der Waals surface area contributed by atoms with E-state index in [0.29, 0.717) is 18.2 Å². The molecule has 8 heteroatoms. The van der Waals surface area contributed by atoms with Crippen molar-refractivity contribution in [3.05, 3.63) is 83.9 Å². The molecule has 3 aromatic rings. The number of ether oxygens (including phenoxy) is 2. The van der Waals surface area contributed by atoms with Gasteiger partial charge in [0, 0.05) is 13.2 Å². The third kappa shape index (κ3) is 8.58. The summed E-state index contributed by atoms with van der Waals surface area (Å²) in [7, 11) is 5.14. The van der Waals surface area contributed by atoms with Gasteiger partial charge in [-0.25, -0.2) is 9.37 Å². The third-order valence-corrected chi connectivity index (χ3v) is 4.67. The van der Waals surface area contributed by atoms with Crippen molar-refractivity contribution in [1.29, 1.82) is 0 Å². The number of aryl methyl sites for hydroxylation is 1. The number of hydrogen-bond acceptors (Lipinski definition) is 5. The van der Waals surface area contributed by atoms with E-state index < -0.39 is 0 Å². The second kappa shape index (κ2) is 16.0. The van der Waals surface area contributed by atoms with Crippen LogP contribution in [-0.2, 0) is 9.57 Å². The lowest BCUT2D eigenvalue weighted by Crippen LogP contribution is -2.37. The summed E-state index contributed by atoms with van der Waals surface area (Å²) in [5.74, 6) is 1.91. The number of terminal acetylenes is 2. The number of benzene rings is 2. The van der Waals surface area contributed by atoms with Crippen molar-refractivity contribution in [2.45, 2.75) is 6.92 Å². The highest BCUT2D eigenvalue weighted by Gasteiger charge is 2.20. The predicted molar refractivity (Wildman–Crippen MR) is 142 cm³/mol. The Morgan fingerprint density at radius 2 is 1.78 bits per heavy atom. The molecule has 2 heterocycles. The lowest BCUT2D eigenvalue weighted by molar-refractivity contribution is 0.161. The highest BCUT2D eigenvalue weighted by Crippen LogP contribution is 2.26. The molecule has 0 bridgehead atoms. The molecule has 0 spiro atoms. The Balaban J connectivity index is 0.000000496. The molecule has 0 aliphatic carbocycles. The van der Waals surface area contributed by atoms with Gasteiger partial charge in [0.2, 0.25) is 5.84 Å². The van der Waals surface area contributed by atoms with Gasteiger partial charge >= 0.3 is 0 Å². The molecule has 1 aliphatic rings. The Hall–Kier alpha value is -4.69. The summed E-state index contributed by atoms with van der Waals surface area (Å²) < 4.78 is 25.2. The zero-order valence-electron chi connectivity index (χ0n) is 21.0. The minimum Gasteiger partial charge on any atom is -0.495 e. The number of aromatic nitrogens is 2. The molecule has 7 nitrogen and oxygen atoms in total. The van der Waals surface area contributed by atoms with Gasteiger partial charge in [-0.15, -0.1) is 25.7 Å². The number of imidazole rings is 1. The predicted octanol–water partition coefficient (Wildman–Crippen LogP) is 4.78. The van der Waals surface area contributed by atoms with E-state index >= 15 is 0 Å². The van der Waals surface area contributed by atoms with Crippen LogP contribution in [0.5, 0.6) is 5.75 Å². The van der Waals surface area contributed by atoms with E-state index in [1.54, 1.807) is 31.6 Å². The van der Waals surface area contributed by atoms with Crippen LogP contribution in [-0.4, -0.2) is 54.7 Å². The molecule has 0 N–H and O–H groups in total. The number of hydrogen-bond donors (Lipinski definition) is 0. The number of rotatable bonds is 4. The van der Waals surface area contributed by atoms with Crippen LogP contribution in [0.3, 0.4) is 0 Å². The highest BCUT2D eigenvalue weighted by atomic mass is 19.1. The van der Waals surface area contributed by atoms with Crippen molar-refractivity contribution in [3.63, 3.8) is 0 Å². The topological polar surface area (TPSA) is 61.1 Å². The highest BCUT2D eigenvalue weighted by molar-refractivity contribution is 6.00. The van der Waals surface area contributed by atoms with Crippen molar-refractivity contribution < 1.29 is 18.7 Å². The van der Waals surface area contributed by atoms with Crippen molar-refractivity contribution in [3.8, 4) is 37.1 Å². The van der Waals surface area contributed by atoms with E-state index in [-0.39, 0.29) is 5.82 Å². The van der Waals surface area contributed by atoms with Gasteiger partial charge in [0.15, 0.2) is 5.76 Å². The van der Waals surface area contributed by atoms with Crippen LogP contribution in [0, 0.1) is 38.4 Å². The Labute approximate surface area is 212 Å². The zero-order chi connectivity index (χ0) is 26.9. The third-order valence-electron chi connectivity index (χ3n) is 4.67. The number of likely N-dealkylation sites (N-methyl/N-ethyl adjacent to an activating group) is 1. The second-order valence-electron chi connectivity index (χ2n) is 7.03. The molecule has 0 radical (unpaired) electrons. The van der Waals surface area contributed by atoms with Crippen LogP contribution < -0.4 is 4.74 Å². The van der Waals surface area contributed by atoms with Crippen molar-refractivity contribution in [2.75, 3.05) is 34.4 Å². The first-order chi connectivity index (χ1) is 17.5. The number of nitrogens with zero attached hydrogens (tertiary/aromatic N) is 4. The molecule has 0 unspecified atom stereocenters. The van der Waals surface area contributed by atoms with Crippen LogP contribution >= 0.6 is 0 Å². The molecule has 0 saturated carbocycles. The van der Waals surface area contributed by atoms with Crippen molar-refractivity contribution in [2.24, 2.45) is 5.16 Å². The van der Waals surface area contributed by atoms with Crippen molar-refractivity contribution >= 4 is 11.9 Å². The molecule has 188 valence electrons. The van der Waals surface area contributed by atoms with Gasteiger partial charge in [0.05, 0.1) is 31.4 Å². The molecular formula is C28H31FN4O3. The Kier molecular flexibility index (Phi) is 13.1. The Bertz CT molecular complexity index is 1160. The summed E-state index contributed by atoms with van der Waals surface area (Å²) in [5, 5.41) is 4.06. The fourth-order valence-electron chi connectivity index (χ4n) is 3.07. The van der Waals surface area contributed by atoms with Gasteiger partial charge in [0.25, 0.3) is 0 Å². The Morgan fingerprint density at radius 3 is 2.31 bits per heavy atom. The van der Waals surface area contributed by atoms with Crippen molar-refractivity contribution in [1.82, 2.24) is 14.5 Å². The summed E-state index contributed by atoms with van der Waals surface area (Å²) in [6.07, 6.45) is 21.7. The minimum atomic E-state index is -0.178. The number of halogens is 1. The molecule has 1 fully saturated rings. The molecule has 2 aromatic carbocycles. The monoisotopic (exact) mass is 490 g/mol. The van der Waals surface area contributed by atoms with Crippen LogP contribution in [0.15, 0.2) is 72.0 Å². The first-order valence-corrected chi connectivity index (χ1v) is 10.7. The van der Waals surface area contributed by atoms with E-state index in [4.69, 9.17) is 14.3 Å². The molecule has 1 saturated heterocycles. The van der Waals surface area contributed by atoms with Crippen LogP contribution in [0.25, 0.3) is 11.8 Å². The first kappa shape index (κ1) is 29.3. The fourth-order valence-corrected chi connectivity index (χ4v) is 3.07. The average molecular weight is 491 g/mol. The molecule has 1 aliphatic heterocycles. The Morgan fingerprint density at radius 1 is 1.08 bits per heavy atom. The van der Waals surface area contributed by atoms with E-state index in [0.717, 1.165) is 29.2 Å². The molecule has 0 atom stereocenters. The quantitative estimate of drug-likeness (QED) is 0.389. The van der Waals surface area contributed by atoms with Gasteiger partial charge in [0.1, 0.15) is 25.3 Å². The van der Waals surface area contributed by atoms with Crippen LogP contribution in [0.4, 0.5) is 4.39 Å². The largest absolute Gasteiger partial charge is 0.495 e. The lowest BCUT2D eigenvalue weighted by Gasteiger charge is -2.27. The number of morpholine rings is 1. The summed E-state index contributed by atoms with van der Waals surface area (Å²) in [4.78, 5) is 11.2. The van der Waals surface area contributed by atoms with Gasteiger partial charge in [-0.3, -0.25) is 0 Å². The first-order valence-electron chi connectivity index (χ1n) is 10.7. The number of methoxy groups -OCH3 is 1. The van der Waals surface area contributed by atoms with Crippen LogP contribution in [0.1, 0.15) is 11.3 Å². The van der Waals surface area contributed by atoms with E-state index in [9.17, 15) is 4.39 Å². The average Bonchev–Trinajstić information content (AvgIpc) is 3.35. The summed E-state index contributed by atoms with van der Waals surface area (Å²) >= 11 is 0. The fraction of sp³-hybridized carbons (Fsp3) is 0.214. The summed E-state index contributed by atoms with van der Waals surface area (Å²) in [6, 6.07) is 13.9. The molecule has 36 heavy (non-hydrogen) atoms. The molecule has 1 aromatic heterocycles. The van der Waals surface area contributed by atoms with E-state index in [1.165, 1.54) is 19.2 Å². The van der Waals surface area contributed by atoms with Gasteiger partial charge in [-0.2, -0.15) is 0 Å². The molecule has 0 amide bonds. The van der Waals surface area contributed by atoms with Gasteiger partial charge in [-0.1, -0.05) is 29.4 Å². The molecular weight excluding hydrogens is 459 g/mol. The maximum atomic E-state index is 11.9. The van der Waals surface area contributed by atoms with Crippen LogP contribution in [0.2, 0.25) is 0 Å². The summed E-state index contributed by atoms with van der Waals surface area (Å²) in [5.41, 5.74) is 2.83. The normalized spacial score (nSPS) is 14.1. The van der Waals surface area contributed by atoms with Gasteiger partial charge < -0.3 is 23.8 Å². The maximum absolute atomic E-state index is 11.9. The molecule has 4 rings (SSSR count). The van der Waals surface area contributed by atoms with E-state index in [1.807, 2.05) is 53.9 Å². The summed E-state index contributed by atoms with van der Waals surface area (Å²) in [6.45, 7) is 3.33. The van der Waals surface area contributed by atoms with E-state index in [2.05, 4.69) is 35.8 Å². The van der Waals surface area contributed by atoms with Gasteiger partial charge in [-0.05, 0) is 42.8 Å². The lowest BCUT2D eigenvalue weighted by atomic mass is 10.1. The smallest absolute Gasteiger partial charge is 0.210 e. The maximum Gasteiger partial charge on any atom is 0.210 e.